The van der Waals surface area contributed by atoms with Gasteiger partial charge in [0.2, 0.25) is 0 Å². The number of nitriles is 1. The summed E-state index contributed by atoms with van der Waals surface area (Å²) in [5.74, 6) is -2.17. The number of amides is 1. The van der Waals surface area contributed by atoms with Gasteiger partial charge in [0, 0.05) is 0 Å². The summed E-state index contributed by atoms with van der Waals surface area (Å²) in [6.07, 6.45) is 1.84. The van der Waals surface area contributed by atoms with Gasteiger partial charge in [-0.15, -0.1) is 0 Å². The van der Waals surface area contributed by atoms with Crippen LogP contribution in [0, 0.1) is 29.1 Å². The number of nitrogens with zero attached hydrogens (tertiary/aromatic N) is 2. The van der Waals surface area contributed by atoms with Crippen LogP contribution in [0.1, 0.15) is 12.0 Å². The topological polar surface area (TPSA) is 74.6 Å². The number of rotatable bonds is 2. The summed E-state index contributed by atoms with van der Waals surface area (Å²) < 4.78 is 38.2. The predicted molar refractivity (Wildman–Crippen MR) is 80.3 cm³/mol. The molecule has 0 radical (unpaired) electrons. The van der Waals surface area contributed by atoms with Crippen LogP contribution in [-0.4, -0.2) is 43.9 Å². The zero-order valence-corrected chi connectivity index (χ0v) is 12.9. The molecule has 0 bridgehead atoms. The third kappa shape index (κ3) is 2.53. The van der Waals surface area contributed by atoms with E-state index in [2.05, 4.69) is 9.97 Å². The number of benzene rings is 1. The number of ether oxygens (including phenoxy) is 1. The first kappa shape index (κ1) is 16.4. The summed E-state index contributed by atoms with van der Waals surface area (Å²) in [5.41, 5.74) is -1.08. The molecule has 1 aromatic rings. The SMILES string of the molecule is CN1C(=O)C2CCOCC2(c2cc(F)ccc2F)NC1=BOC#N. The Morgan fingerprint density at radius 3 is 3.08 bits per heavy atom. The molecule has 1 amide bonds. The van der Waals surface area contributed by atoms with Gasteiger partial charge in [-0.25, -0.2) is 0 Å². The molecule has 2 saturated heterocycles. The maximum absolute atomic E-state index is 14.4. The molecule has 24 heavy (non-hydrogen) atoms. The van der Waals surface area contributed by atoms with Crippen LogP contribution in [0.4, 0.5) is 8.78 Å². The first-order valence-electron chi connectivity index (χ1n) is 7.33. The number of nitrogens with one attached hydrogen (secondary N) is 1. The van der Waals surface area contributed by atoms with Crippen LogP contribution >= 0.6 is 0 Å². The number of halogens is 2. The molecule has 2 fully saturated rings. The molecule has 3 rings (SSSR count). The molecule has 0 aromatic heterocycles. The van der Waals surface area contributed by atoms with Gasteiger partial charge in [-0.2, -0.15) is 0 Å². The molecule has 2 unspecified atom stereocenters. The summed E-state index contributed by atoms with van der Waals surface area (Å²) in [6.45, 7) is 0.333. The molecule has 1 N–H and O–H groups in total. The number of carbonyl (C=O) groups excluding carboxylic acids is 1. The van der Waals surface area contributed by atoms with Gasteiger partial charge in [0.1, 0.15) is 0 Å². The Morgan fingerprint density at radius 1 is 1.54 bits per heavy atom. The number of hydrogen-bond donors (Lipinski definition) is 1. The second-order valence-corrected chi connectivity index (χ2v) is 5.72. The number of fused-ring (bicyclic) bond motifs is 1. The van der Waals surface area contributed by atoms with E-state index in [1.165, 1.54) is 18.2 Å². The van der Waals surface area contributed by atoms with Crippen molar-refractivity contribution in [2.75, 3.05) is 20.3 Å². The summed E-state index contributed by atoms with van der Waals surface area (Å²) >= 11 is 0. The minimum absolute atomic E-state index is 0.0107. The van der Waals surface area contributed by atoms with Crippen molar-refractivity contribution in [2.45, 2.75) is 12.0 Å². The van der Waals surface area contributed by atoms with Crippen LogP contribution in [0.2, 0.25) is 0 Å². The monoisotopic (exact) mass is 333 g/mol. The van der Waals surface area contributed by atoms with Gasteiger partial charge in [0.25, 0.3) is 0 Å². The fraction of sp³-hybridized carbons (Fsp3) is 0.400. The Morgan fingerprint density at radius 2 is 2.33 bits per heavy atom. The summed E-state index contributed by atoms with van der Waals surface area (Å²) in [5, 5.41) is 11.6. The van der Waals surface area contributed by atoms with E-state index in [-0.39, 0.29) is 23.8 Å². The summed E-state index contributed by atoms with van der Waals surface area (Å²) in [6, 6.07) is 3.09. The Kier molecular flexibility index (Phi) is 4.24. The molecule has 2 aliphatic rings. The van der Waals surface area contributed by atoms with Gasteiger partial charge in [0.15, 0.2) is 0 Å². The van der Waals surface area contributed by atoms with E-state index >= 15 is 0 Å². The average molecular weight is 333 g/mol. The quantitative estimate of drug-likeness (QED) is 0.629. The zero-order chi connectivity index (χ0) is 17.3. The minimum atomic E-state index is -1.27. The summed E-state index contributed by atoms with van der Waals surface area (Å²) in [7, 11) is 2.57. The van der Waals surface area contributed by atoms with E-state index in [0.717, 1.165) is 25.3 Å². The molecule has 1 aromatic carbocycles. The first-order chi connectivity index (χ1) is 11.5. The van der Waals surface area contributed by atoms with Crippen molar-refractivity contribution < 1.29 is 23.0 Å². The molecular formula is C15H14BF2N3O3. The zero-order valence-electron chi connectivity index (χ0n) is 12.9. The van der Waals surface area contributed by atoms with E-state index in [1.54, 1.807) is 0 Å². The van der Waals surface area contributed by atoms with Crippen molar-refractivity contribution >= 4 is 18.7 Å². The molecular weight excluding hydrogens is 319 g/mol. The second kappa shape index (κ2) is 6.21. The van der Waals surface area contributed by atoms with Gasteiger partial charge >= 0.3 is 137 Å². The van der Waals surface area contributed by atoms with Crippen LogP contribution in [0.3, 0.4) is 0 Å². The fourth-order valence-corrected chi connectivity index (χ4v) is 3.27. The van der Waals surface area contributed by atoms with E-state index in [1.807, 2.05) is 0 Å². The third-order valence-electron chi connectivity index (χ3n) is 4.45. The van der Waals surface area contributed by atoms with E-state index < -0.39 is 23.1 Å². The number of hydrogen-bond acceptors (Lipinski definition) is 5. The van der Waals surface area contributed by atoms with Crippen molar-refractivity contribution in [2.24, 2.45) is 5.92 Å². The molecule has 2 atom stereocenters. The van der Waals surface area contributed by atoms with Gasteiger partial charge in [-0.05, 0) is 0 Å². The van der Waals surface area contributed by atoms with Crippen molar-refractivity contribution in [3.8, 4) is 6.26 Å². The molecule has 2 heterocycles. The molecule has 124 valence electrons. The second-order valence-electron chi connectivity index (χ2n) is 5.72. The van der Waals surface area contributed by atoms with Crippen LogP contribution in [0.15, 0.2) is 18.2 Å². The summed E-state index contributed by atoms with van der Waals surface area (Å²) in [4.78, 5) is 14.0. The first-order valence-corrected chi connectivity index (χ1v) is 7.33. The standard InChI is InChI=1S/C15H14BF2N3O3/c1-21-13(22)10-4-5-23-7-15(10,20-14(21)16-24-8-19)11-6-9(17)2-3-12(11)18/h2-3,6,10,20H,4-5,7H2,1H3. The average Bonchev–Trinajstić information content (AvgIpc) is 2.59. The van der Waals surface area contributed by atoms with Gasteiger partial charge in [-0.1, -0.05) is 0 Å². The fourth-order valence-electron chi connectivity index (χ4n) is 3.27. The van der Waals surface area contributed by atoms with Crippen LogP contribution in [0.25, 0.3) is 0 Å². The molecule has 0 spiro atoms. The van der Waals surface area contributed by atoms with Gasteiger partial charge in [0.05, 0.1) is 0 Å². The third-order valence-corrected chi connectivity index (χ3v) is 4.45. The van der Waals surface area contributed by atoms with Crippen molar-refractivity contribution in [3.05, 3.63) is 35.4 Å². The molecule has 0 aliphatic carbocycles. The van der Waals surface area contributed by atoms with Crippen molar-refractivity contribution in [1.29, 1.82) is 5.26 Å². The van der Waals surface area contributed by atoms with Gasteiger partial charge < -0.3 is 0 Å². The molecule has 9 heteroatoms. The van der Waals surface area contributed by atoms with E-state index in [0.29, 0.717) is 13.0 Å². The van der Waals surface area contributed by atoms with Crippen LogP contribution in [-0.2, 0) is 19.7 Å². The number of carbonyl (C=O) groups is 1. The van der Waals surface area contributed by atoms with Crippen molar-refractivity contribution in [3.63, 3.8) is 0 Å². The maximum atomic E-state index is 14.4. The Bertz CT molecular complexity index is 752. The molecule has 2 aliphatic heterocycles. The Hall–Kier alpha value is -2.47. The van der Waals surface area contributed by atoms with Gasteiger partial charge in [-0.3, -0.25) is 0 Å². The van der Waals surface area contributed by atoms with E-state index in [9.17, 15) is 13.6 Å². The van der Waals surface area contributed by atoms with Crippen LogP contribution < -0.4 is 5.32 Å². The van der Waals surface area contributed by atoms with Crippen LogP contribution in [0.5, 0.6) is 0 Å². The van der Waals surface area contributed by atoms with E-state index in [4.69, 9.17) is 10.00 Å². The predicted octanol–water partition coefficient (Wildman–Crippen LogP) is 0.462. The van der Waals surface area contributed by atoms with Crippen molar-refractivity contribution in [1.82, 2.24) is 10.2 Å². The Labute approximate surface area is 137 Å². The Balaban J connectivity index is 2.14. The molecule has 0 saturated carbocycles. The molecule has 6 nitrogen and oxygen atoms in total. The normalized spacial score (nSPS) is 27.8.